The molecule has 0 aliphatic heterocycles. The molecule has 4 nitrogen and oxygen atoms in total. The first-order valence-corrected chi connectivity index (χ1v) is 5.01. The highest BCUT2D eigenvalue weighted by molar-refractivity contribution is 5.77. The summed E-state index contributed by atoms with van der Waals surface area (Å²) in [6.45, 7) is 0. The number of rotatable bonds is 2. The predicted molar refractivity (Wildman–Crippen MR) is 63.4 cm³/mol. The van der Waals surface area contributed by atoms with Crippen LogP contribution < -0.4 is 4.74 Å². The van der Waals surface area contributed by atoms with Crippen molar-refractivity contribution in [3.63, 3.8) is 0 Å². The van der Waals surface area contributed by atoms with Gasteiger partial charge in [0.25, 0.3) is 0 Å². The molecule has 0 spiro atoms. The van der Waals surface area contributed by atoms with E-state index in [4.69, 9.17) is 4.74 Å². The number of ether oxygens (including phenoxy) is 1. The lowest BCUT2D eigenvalue weighted by Gasteiger charge is -2.08. The zero-order valence-electron chi connectivity index (χ0n) is 9.21. The summed E-state index contributed by atoms with van der Waals surface area (Å²) in [7, 11) is 1.56. The molecule has 2 rings (SSSR count). The third kappa shape index (κ3) is 2.10. The Bertz CT molecular complexity index is 509. The minimum absolute atomic E-state index is 0.173. The van der Waals surface area contributed by atoms with E-state index in [2.05, 4.69) is 0 Å². The molecule has 0 amide bonds. The Morgan fingerprint density at radius 3 is 1.88 bits per heavy atom. The van der Waals surface area contributed by atoms with E-state index in [1.165, 1.54) is 12.1 Å². The van der Waals surface area contributed by atoms with Crippen molar-refractivity contribution in [1.29, 1.82) is 0 Å². The summed E-state index contributed by atoms with van der Waals surface area (Å²) in [5.74, 6) is 0.157. The summed E-state index contributed by atoms with van der Waals surface area (Å²) in [6, 6.07) is 9.23. The number of hydrogen-bond acceptors (Lipinski definition) is 4. The van der Waals surface area contributed by atoms with E-state index in [1.54, 1.807) is 31.4 Å². The Balaban J connectivity index is 2.52. The molecule has 0 unspecified atom stereocenters. The van der Waals surface area contributed by atoms with Crippen LogP contribution in [-0.4, -0.2) is 22.4 Å². The van der Waals surface area contributed by atoms with E-state index in [9.17, 15) is 15.3 Å². The van der Waals surface area contributed by atoms with Crippen molar-refractivity contribution in [2.75, 3.05) is 7.11 Å². The monoisotopic (exact) mass is 232 g/mol. The smallest absolute Gasteiger partial charge is 0.130 e. The maximum Gasteiger partial charge on any atom is 0.130 e. The fourth-order valence-electron chi connectivity index (χ4n) is 1.65. The van der Waals surface area contributed by atoms with Crippen LogP contribution in [0, 0.1) is 0 Å². The minimum atomic E-state index is -0.183. The minimum Gasteiger partial charge on any atom is -0.508 e. The molecule has 0 saturated carbocycles. The fourth-order valence-corrected chi connectivity index (χ4v) is 1.65. The molecule has 0 radical (unpaired) electrons. The number of hydrogen-bond donors (Lipinski definition) is 3. The number of methoxy groups -OCH3 is 1. The van der Waals surface area contributed by atoms with Crippen molar-refractivity contribution >= 4 is 0 Å². The van der Waals surface area contributed by atoms with Crippen molar-refractivity contribution in [2.24, 2.45) is 0 Å². The Hall–Kier alpha value is -2.36. The Morgan fingerprint density at radius 2 is 1.41 bits per heavy atom. The molecule has 3 N–H and O–H groups in total. The summed E-state index contributed by atoms with van der Waals surface area (Å²) in [6.07, 6.45) is 0. The van der Waals surface area contributed by atoms with Gasteiger partial charge >= 0.3 is 0 Å². The normalized spacial score (nSPS) is 10.2. The molecule has 2 aromatic carbocycles. The highest BCUT2D eigenvalue weighted by atomic mass is 16.5. The van der Waals surface area contributed by atoms with Crippen LogP contribution in [0.5, 0.6) is 23.0 Å². The summed E-state index contributed by atoms with van der Waals surface area (Å²) in [4.78, 5) is 0. The largest absolute Gasteiger partial charge is 0.508 e. The third-order valence-corrected chi connectivity index (χ3v) is 2.46. The molecular weight excluding hydrogens is 220 g/mol. The Morgan fingerprint density at radius 1 is 0.882 bits per heavy atom. The van der Waals surface area contributed by atoms with E-state index in [0.717, 1.165) is 0 Å². The van der Waals surface area contributed by atoms with Gasteiger partial charge in [-0.15, -0.1) is 0 Å². The highest BCUT2D eigenvalue weighted by Crippen LogP contribution is 2.40. The van der Waals surface area contributed by atoms with Crippen LogP contribution in [-0.2, 0) is 0 Å². The van der Waals surface area contributed by atoms with E-state index >= 15 is 0 Å². The molecular formula is C13H12O4. The molecule has 0 aliphatic rings. The van der Waals surface area contributed by atoms with E-state index < -0.39 is 0 Å². The van der Waals surface area contributed by atoms with Crippen LogP contribution in [0.1, 0.15) is 0 Å². The molecule has 0 saturated heterocycles. The highest BCUT2D eigenvalue weighted by Gasteiger charge is 2.11. The Labute approximate surface area is 98.3 Å². The van der Waals surface area contributed by atoms with Gasteiger partial charge in [0, 0.05) is 12.1 Å². The van der Waals surface area contributed by atoms with Gasteiger partial charge in [-0.25, -0.2) is 0 Å². The first-order chi connectivity index (χ1) is 8.11. The third-order valence-electron chi connectivity index (χ3n) is 2.46. The second-order valence-electron chi connectivity index (χ2n) is 3.59. The molecule has 0 heterocycles. The van der Waals surface area contributed by atoms with E-state index in [1.807, 2.05) is 0 Å². The number of phenols is 3. The molecule has 0 fully saturated rings. The average molecular weight is 232 g/mol. The molecule has 17 heavy (non-hydrogen) atoms. The van der Waals surface area contributed by atoms with Gasteiger partial charge in [0.2, 0.25) is 0 Å². The maximum absolute atomic E-state index is 9.70. The van der Waals surface area contributed by atoms with Crippen LogP contribution >= 0.6 is 0 Å². The lowest BCUT2D eigenvalue weighted by molar-refractivity contribution is 0.414. The van der Waals surface area contributed by atoms with Gasteiger partial charge in [-0.1, -0.05) is 12.1 Å². The average Bonchev–Trinajstić information content (AvgIpc) is 2.28. The van der Waals surface area contributed by atoms with Crippen LogP contribution in [0.25, 0.3) is 11.1 Å². The van der Waals surface area contributed by atoms with Gasteiger partial charge in [0.15, 0.2) is 0 Å². The van der Waals surface area contributed by atoms with Gasteiger partial charge in [0.05, 0.1) is 12.7 Å². The number of benzene rings is 2. The lowest BCUT2D eigenvalue weighted by Crippen LogP contribution is -1.84. The van der Waals surface area contributed by atoms with Gasteiger partial charge in [-0.2, -0.15) is 0 Å². The first kappa shape index (κ1) is 11.1. The van der Waals surface area contributed by atoms with Gasteiger partial charge in [-0.05, 0) is 17.7 Å². The van der Waals surface area contributed by atoms with E-state index in [-0.39, 0.29) is 22.8 Å². The van der Waals surface area contributed by atoms with Crippen LogP contribution in [0.2, 0.25) is 0 Å². The van der Waals surface area contributed by atoms with E-state index in [0.29, 0.717) is 11.3 Å². The summed E-state index contributed by atoms with van der Waals surface area (Å²) >= 11 is 0. The second-order valence-corrected chi connectivity index (χ2v) is 3.59. The lowest BCUT2D eigenvalue weighted by atomic mass is 10.0. The molecule has 88 valence electrons. The van der Waals surface area contributed by atoms with Crippen molar-refractivity contribution in [3.05, 3.63) is 36.4 Å². The van der Waals surface area contributed by atoms with Gasteiger partial charge in [0.1, 0.15) is 23.0 Å². The van der Waals surface area contributed by atoms with Crippen molar-refractivity contribution in [1.82, 2.24) is 0 Å². The van der Waals surface area contributed by atoms with Crippen molar-refractivity contribution in [3.8, 4) is 34.1 Å². The SMILES string of the molecule is COc1ccc(-c2c(O)cc(O)cc2O)cc1. The second kappa shape index (κ2) is 4.25. The number of phenolic OH excluding ortho intramolecular Hbond substituents is 3. The summed E-state index contributed by atoms with van der Waals surface area (Å²) < 4.78 is 5.02. The fraction of sp³-hybridized carbons (Fsp3) is 0.0769. The molecule has 0 atom stereocenters. The molecule has 0 aliphatic carbocycles. The molecule has 2 aromatic rings. The van der Waals surface area contributed by atoms with Crippen LogP contribution in [0.4, 0.5) is 0 Å². The zero-order chi connectivity index (χ0) is 12.4. The quantitative estimate of drug-likeness (QED) is 0.744. The Kier molecular flexibility index (Phi) is 2.78. The maximum atomic E-state index is 9.70. The van der Waals surface area contributed by atoms with Gasteiger partial charge in [-0.3, -0.25) is 0 Å². The summed E-state index contributed by atoms with van der Waals surface area (Å²) in [5, 5.41) is 28.6. The van der Waals surface area contributed by atoms with Crippen LogP contribution in [0.3, 0.4) is 0 Å². The standard InChI is InChI=1S/C13H12O4/c1-17-10-4-2-8(3-5-10)13-11(15)6-9(14)7-12(13)16/h2-7,14-16H,1H3. The summed E-state index contributed by atoms with van der Waals surface area (Å²) in [5.41, 5.74) is 0.922. The van der Waals surface area contributed by atoms with Crippen LogP contribution in [0.15, 0.2) is 36.4 Å². The number of aromatic hydroxyl groups is 3. The molecule has 4 heteroatoms. The van der Waals surface area contributed by atoms with Crippen molar-refractivity contribution in [2.45, 2.75) is 0 Å². The zero-order valence-corrected chi connectivity index (χ0v) is 9.21. The molecule has 0 bridgehead atoms. The predicted octanol–water partition coefficient (Wildman–Crippen LogP) is 2.48. The van der Waals surface area contributed by atoms with Crippen molar-refractivity contribution < 1.29 is 20.1 Å². The molecule has 0 aromatic heterocycles. The first-order valence-electron chi connectivity index (χ1n) is 5.01. The topological polar surface area (TPSA) is 69.9 Å². The van der Waals surface area contributed by atoms with Gasteiger partial charge < -0.3 is 20.1 Å².